The molecule has 2 unspecified atom stereocenters. The first-order valence-electron chi connectivity index (χ1n) is 12.5. The van der Waals surface area contributed by atoms with Crippen LogP contribution in [0.5, 0.6) is 0 Å². The van der Waals surface area contributed by atoms with Crippen LogP contribution in [0.15, 0.2) is 48.5 Å². The molecule has 35 heavy (non-hydrogen) atoms. The Labute approximate surface area is 207 Å². The zero-order valence-electron chi connectivity index (χ0n) is 20.8. The van der Waals surface area contributed by atoms with Gasteiger partial charge in [0.2, 0.25) is 5.91 Å². The summed E-state index contributed by atoms with van der Waals surface area (Å²) in [5.74, 6) is -1.21. The third kappa shape index (κ3) is 6.84. The van der Waals surface area contributed by atoms with Crippen LogP contribution in [0.25, 0.3) is 11.1 Å². The number of rotatable bonds is 12. The molecule has 3 rings (SSSR count). The fraction of sp³-hybridized carbons (Fsp3) is 0.464. The van der Waals surface area contributed by atoms with Crippen LogP contribution in [0.2, 0.25) is 0 Å². The number of carbonyl (C=O) groups is 3. The highest BCUT2D eigenvalue weighted by Gasteiger charge is 2.30. The van der Waals surface area contributed by atoms with Crippen LogP contribution in [0, 0.1) is 5.92 Å². The van der Waals surface area contributed by atoms with Crippen molar-refractivity contribution in [1.82, 2.24) is 10.6 Å². The van der Waals surface area contributed by atoms with Crippen molar-refractivity contribution in [2.45, 2.75) is 70.9 Å². The van der Waals surface area contributed by atoms with Gasteiger partial charge in [-0.3, -0.25) is 9.59 Å². The standard InChI is InChI=1S/C28H36N2O5/c1-4-10-19(16-26(31)32)29-27(33)25(15-18(3)5-2)30-28(34)35-17-24-22-13-8-6-11-20(22)21-12-7-9-14-23(21)24/h6-9,11-14,18-19,24-25H,4-5,10,15-17H2,1-3H3,(H,29,33)(H,30,34)(H,31,32)/t18?,19-,25?/m1/s1. The third-order valence-electron chi connectivity index (χ3n) is 6.69. The number of ether oxygens (including phenoxy) is 1. The number of carboxylic acid groups (broad SMARTS) is 1. The van der Waals surface area contributed by atoms with Crippen LogP contribution in [0.3, 0.4) is 0 Å². The van der Waals surface area contributed by atoms with Crippen molar-refractivity contribution in [3.05, 3.63) is 59.7 Å². The van der Waals surface area contributed by atoms with E-state index in [-0.39, 0.29) is 30.8 Å². The van der Waals surface area contributed by atoms with E-state index < -0.39 is 24.1 Å². The minimum atomic E-state index is -0.966. The molecular formula is C28H36N2O5. The maximum Gasteiger partial charge on any atom is 0.407 e. The largest absolute Gasteiger partial charge is 0.481 e. The molecule has 2 amide bonds. The van der Waals surface area contributed by atoms with Crippen molar-refractivity contribution >= 4 is 18.0 Å². The van der Waals surface area contributed by atoms with Crippen molar-refractivity contribution < 1.29 is 24.2 Å². The summed E-state index contributed by atoms with van der Waals surface area (Å²) < 4.78 is 5.63. The minimum Gasteiger partial charge on any atom is -0.481 e. The molecule has 1 aliphatic carbocycles. The number of carbonyl (C=O) groups excluding carboxylic acids is 2. The Morgan fingerprint density at radius 2 is 1.57 bits per heavy atom. The van der Waals surface area contributed by atoms with Gasteiger partial charge in [0.1, 0.15) is 12.6 Å². The topological polar surface area (TPSA) is 105 Å². The molecule has 3 N–H and O–H groups in total. The van der Waals surface area contributed by atoms with Crippen molar-refractivity contribution in [2.24, 2.45) is 5.92 Å². The second kappa shape index (κ2) is 12.4. The summed E-state index contributed by atoms with van der Waals surface area (Å²) >= 11 is 0. The zero-order chi connectivity index (χ0) is 25.4. The average molecular weight is 481 g/mol. The smallest absolute Gasteiger partial charge is 0.407 e. The quantitative estimate of drug-likeness (QED) is 0.392. The van der Waals surface area contributed by atoms with E-state index in [2.05, 4.69) is 34.9 Å². The summed E-state index contributed by atoms with van der Waals surface area (Å²) in [6.45, 7) is 6.14. The Morgan fingerprint density at radius 3 is 2.11 bits per heavy atom. The van der Waals surface area contributed by atoms with Crippen molar-refractivity contribution in [2.75, 3.05) is 6.61 Å². The fourth-order valence-corrected chi connectivity index (χ4v) is 4.67. The van der Waals surface area contributed by atoms with Gasteiger partial charge in [0.25, 0.3) is 0 Å². The normalized spacial score (nSPS) is 14.8. The third-order valence-corrected chi connectivity index (χ3v) is 6.69. The molecule has 188 valence electrons. The second-order valence-electron chi connectivity index (χ2n) is 9.36. The molecule has 0 aromatic heterocycles. The SMILES string of the molecule is CCC[C@H](CC(=O)O)NC(=O)C(CC(C)CC)NC(=O)OCC1c2ccccc2-c2ccccc21. The van der Waals surface area contributed by atoms with Gasteiger partial charge in [0.15, 0.2) is 0 Å². The molecule has 2 aromatic rings. The minimum absolute atomic E-state index is 0.0699. The number of benzene rings is 2. The summed E-state index contributed by atoms with van der Waals surface area (Å²) in [5, 5.41) is 14.7. The van der Waals surface area contributed by atoms with E-state index in [9.17, 15) is 14.4 Å². The first-order chi connectivity index (χ1) is 16.8. The highest BCUT2D eigenvalue weighted by molar-refractivity contribution is 5.86. The Bertz CT molecular complexity index is 992. The number of fused-ring (bicyclic) bond motifs is 3. The van der Waals surface area contributed by atoms with Gasteiger partial charge < -0.3 is 20.5 Å². The van der Waals surface area contributed by atoms with Crippen LogP contribution >= 0.6 is 0 Å². The molecule has 0 radical (unpaired) electrons. The van der Waals surface area contributed by atoms with Gasteiger partial charge in [0.05, 0.1) is 6.42 Å². The molecule has 7 nitrogen and oxygen atoms in total. The van der Waals surface area contributed by atoms with Gasteiger partial charge in [-0.1, -0.05) is 82.1 Å². The summed E-state index contributed by atoms with van der Waals surface area (Å²) in [4.78, 5) is 37.0. The Morgan fingerprint density at radius 1 is 0.971 bits per heavy atom. The summed E-state index contributed by atoms with van der Waals surface area (Å²) in [5.41, 5.74) is 4.52. The van der Waals surface area contributed by atoms with E-state index in [0.29, 0.717) is 12.8 Å². The molecule has 0 saturated carbocycles. The first-order valence-corrected chi connectivity index (χ1v) is 12.5. The van der Waals surface area contributed by atoms with Gasteiger partial charge in [0, 0.05) is 12.0 Å². The number of carboxylic acids is 1. The van der Waals surface area contributed by atoms with E-state index in [1.54, 1.807) is 0 Å². The molecule has 0 aliphatic heterocycles. The predicted octanol–water partition coefficient (Wildman–Crippen LogP) is 5.09. The lowest BCUT2D eigenvalue weighted by atomic mass is 9.98. The summed E-state index contributed by atoms with van der Waals surface area (Å²) in [6.07, 6.45) is 1.79. The maximum absolute atomic E-state index is 13.0. The van der Waals surface area contributed by atoms with E-state index in [0.717, 1.165) is 35.1 Å². The molecule has 0 saturated heterocycles. The van der Waals surface area contributed by atoms with Crippen LogP contribution in [-0.2, 0) is 14.3 Å². The maximum atomic E-state index is 13.0. The highest BCUT2D eigenvalue weighted by Crippen LogP contribution is 2.44. The van der Waals surface area contributed by atoms with E-state index >= 15 is 0 Å². The highest BCUT2D eigenvalue weighted by atomic mass is 16.5. The Hall–Kier alpha value is -3.35. The number of nitrogens with one attached hydrogen (secondary N) is 2. The van der Waals surface area contributed by atoms with Gasteiger partial charge in [-0.05, 0) is 41.0 Å². The van der Waals surface area contributed by atoms with Crippen molar-refractivity contribution in [3.63, 3.8) is 0 Å². The number of aliphatic carboxylic acids is 1. The lowest BCUT2D eigenvalue weighted by Crippen LogP contribution is -2.50. The summed E-state index contributed by atoms with van der Waals surface area (Å²) in [7, 11) is 0. The Balaban J connectivity index is 1.67. The van der Waals surface area contributed by atoms with Gasteiger partial charge in [-0.15, -0.1) is 0 Å². The Kier molecular flexibility index (Phi) is 9.29. The molecule has 0 spiro atoms. The molecular weight excluding hydrogens is 444 g/mol. The predicted molar refractivity (Wildman–Crippen MR) is 135 cm³/mol. The molecule has 1 aliphatic rings. The van der Waals surface area contributed by atoms with E-state index in [1.807, 2.05) is 45.0 Å². The fourth-order valence-electron chi connectivity index (χ4n) is 4.67. The van der Waals surface area contributed by atoms with Crippen molar-refractivity contribution in [1.29, 1.82) is 0 Å². The molecule has 0 fully saturated rings. The van der Waals surface area contributed by atoms with Gasteiger partial charge in [-0.2, -0.15) is 0 Å². The van der Waals surface area contributed by atoms with Crippen LogP contribution in [-0.4, -0.2) is 41.8 Å². The second-order valence-corrected chi connectivity index (χ2v) is 9.36. The number of hydrogen-bond donors (Lipinski definition) is 3. The molecule has 0 bridgehead atoms. The first kappa shape index (κ1) is 26.3. The lowest BCUT2D eigenvalue weighted by Gasteiger charge is -2.24. The van der Waals surface area contributed by atoms with E-state index in [1.165, 1.54) is 0 Å². The number of alkyl carbamates (subject to hydrolysis) is 1. The average Bonchev–Trinajstić information content (AvgIpc) is 3.15. The summed E-state index contributed by atoms with van der Waals surface area (Å²) in [6, 6.07) is 14.9. The molecule has 7 heteroatoms. The van der Waals surface area contributed by atoms with Crippen molar-refractivity contribution in [3.8, 4) is 11.1 Å². The molecule has 2 aromatic carbocycles. The monoisotopic (exact) mass is 480 g/mol. The molecule has 3 atom stereocenters. The lowest BCUT2D eigenvalue weighted by molar-refractivity contribution is -0.137. The van der Waals surface area contributed by atoms with Gasteiger partial charge in [-0.25, -0.2) is 4.79 Å². The van der Waals surface area contributed by atoms with Crippen LogP contribution in [0.1, 0.15) is 69.9 Å². The van der Waals surface area contributed by atoms with Crippen LogP contribution in [0.4, 0.5) is 4.79 Å². The van der Waals surface area contributed by atoms with Gasteiger partial charge >= 0.3 is 12.1 Å². The number of amides is 2. The van der Waals surface area contributed by atoms with Crippen LogP contribution < -0.4 is 10.6 Å². The van der Waals surface area contributed by atoms with E-state index in [4.69, 9.17) is 9.84 Å². The molecule has 0 heterocycles. The number of hydrogen-bond acceptors (Lipinski definition) is 4. The zero-order valence-corrected chi connectivity index (χ0v) is 20.8.